The average Bonchev–Trinajstić information content (AvgIpc) is 2.59. The minimum atomic E-state index is -0.384. The molecule has 0 spiro atoms. The third-order valence-corrected chi connectivity index (χ3v) is 3.61. The highest BCUT2D eigenvalue weighted by molar-refractivity contribution is 9.10. The van der Waals surface area contributed by atoms with Crippen molar-refractivity contribution in [2.24, 2.45) is 0 Å². The van der Waals surface area contributed by atoms with Crippen LogP contribution in [0, 0.1) is 10.6 Å². The molecule has 0 bridgehead atoms. The SMILES string of the molecule is CCc1c[nH]c(=S)n1-c1c(Cl)cc(F)cc1Br. The summed E-state index contributed by atoms with van der Waals surface area (Å²) in [6.07, 6.45) is 2.63. The lowest BCUT2D eigenvalue weighted by atomic mass is 10.3. The van der Waals surface area contributed by atoms with Crippen molar-refractivity contribution >= 4 is 39.7 Å². The molecule has 0 aliphatic rings. The average molecular weight is 336 g/mol. The maximum Gasteiger partial charge on any atom is 0.182 e. The van der Waals surface area contributed by atoms with Gasteiger partial charge in [-0.2, -0.15) is 0 Å². The second-order valence-corrected chi connectivity index (χ2v) is 5.14. The fourth-order valence-corrected chi connectivity index (χ4v) is 2.94. The highest BCUT2D eigenvalue weighted by Crippen LogP contribution is 2.31. The lowest BCUT2D eigenvalue weighted by Gasteiger charge is -2.11. The molecule has 0 aliphatic heterocycles. The molecule has 2 nitrogen and oxygen atoms in total. The van der Waals surface area contributed by atoms with Crippen LogP contribution in [0.5, 0.6) is 0 Å². The van der Waals surface area contributed by atoms with E-state index in [0.717, 1.165) is 12.1 Å². The van der Waals surface area contributed by atoms with Crippen molar-refractivity contribution in [3.8, 4) is 5.69 Å². The van der Waals surface area contributed by atoms with Crippen LogP contribution in [0.15, 0.2) is 22.8 Å². The van der Waals surface area contributed by atoms with Crippen LogP contribution in [0.25, 0.3) is 5.69 Å². The Morgan fingerprint density at radius 2 is 2.24 bits per heavy atom. The minimum absolute atomic E-state index is 0.322. The molecule has 2 aromatic rings. The summed E-state index contributed by atoms with van der Waals surface area (Å²) in [4.78, 5) is 2.96. The highest BCUT2D eigenvalue weighted by atomic mass is 79.9. The molecule has 0 saturated heterocycles. The number of hydrogen-bond acceptors (Lipinski definition) is 1. The molecule has 90 valence electrons. The summed E-state index contributed by atoms with van der Waals surface area (Å²) < 4.78 is 16.1. The quantitative estimate of drug-likeness (QED) is 0.792. The van der Waals surface area contributed by atoms with Crippen LogP contribution in [0.2, 0.25) is 5.02 Å². The molecule has 1 N–H and O–H groups in total. The fourth-order valence-electron chi connectivity index (χ4n) is 1.66. The van der Waals surface area contributed by atoms with Gasteiger partial charge >= 0.3 is 0 Å². The summed E-state index contributed by atoms with van der Waals surface area (Å²) in [7, 11) is 0. The topological polar surface area (TPSA) is 20.7 Å². The lowest BCUT2D eigenvalue weighted by Crippen LogP contribution is -2.01. The van der Waals surface area contributed by atoms with Gasteiger partial charge in [0.05, 0.1) is 10.7 Å². The molecule has 0 amide bonds. The normalized spacial score (nSPS) is 10.8. The molecule has 1 aromatic heterocycles. The predicted molar refractivity (Wildman–Crippen MR) is 73.0 cm³/mol. The molecule has 2 rings (SSSR count). The zero-order valence-corrected chi connectivity index (χ0v) is 12.1. The highest BCUT2D eigenvalue weighted by Gasteiger charge is 2.13. The summed E-state index contributed by atoms with van der Waals surface area (Å²) in [5.74, 6) is -0.384. The van der Waals surface area contributed by atoms with Crippen LogP contribution in [0.1, 0.15) is 12.6 Å². The van der Waals surface area contributed by atoms with Crippen LogP contribution in [0.3, 0.4) is 0 Å². The van der Waals surface area contributed by atoms with E-state index in [4.69, 9.17) is 23.8 Å². The maximum atomic E-state index is 13.2. The number of nitrogens with one attached hydrogen (secondary N) is 1. The third kappa shape index (κ3) is 2.32. The van der Waals surface area contributed by atoms with Crippen molar-refractivity contribution in [2.45, 2.75) is 13.3 Å². The minimum Gasteiger partial charge on any atom is -0.337 e. The number of rotatable bonds is 2. The number of imidazole rings is 1. The lowest BCUT2D eigenvalue weighted by molar-refractivity contribution is 0.626. The summed E-state index contributed by atoms with van der Waals surface area (Å²) in [6, 6.07) is 2.64. The number of nitrogens with zero attached hydrogens (tertiary/aromatic N) is 1. The van der Waals surface area contributed by atoms with Gasteiger partial charge in [0.25, 0.3) is 0 Å². The van der Waals surface area contributed by atoms with Crippen molar-refractivity contribution in [3.63, 3.8) is 0 Å². The molecule has 1 heterocycles. The second-order valence-electron chi connectivity index (χ2n) is 3.49. The summed E-state index contributed by atoms with van der Waals surface area (Å²) in [5.41, 5.74) is 1.65. The van der Waals surface area contributed by atoms with Gasteiger partial charge in [0.15, 0.2) is 4.77 Å². The van der Waals surface area contributed by atoms with Gasteiger partial charge in [0.2, 0.25) is 0 Å². The Hall–Kier alpha value is -0.650. The van der Waals surface area contributed by atoms with Gasteiger partial charge in [0, 0.05) is 16.4 Å². The largest absolute Gasteiger partial charge is 0.337 e. The van der Waals surface area contributed by atoms with Crippen LogP contribution in [0.4, 0.5) is 4.39 Å². The van der Waals surface area contributed by atoms with Gasteiger partial charge in [0.1, 0.15) is 5.82 Å². The van der Waals surface area contributed by atoms with Crippen LogP contribution >= 0.6 is 39.7 Å². The van der Waals surface area contributed by atoms with Gasteiger partial charge in [-0.1, -0.05) is 18.5 Å². The number of aromatic amines is 1. The predicted octanol–water partition coefficient (Wildman–Crippen LogP) is 4.65. The van der Waals surface area contributed by atoms with Gasteiger partial charge in [-0.15, -0.1) is 0 Å². The number of halogens is 3. The zero-order chi connectivity index (χ0) is 12.6. The van der Waals surface area contributed by atoms with Crippen LogP contribution < -0.4 is 0 Å². The van der Waals surface area contributed by atoms with E-state index in [1.807, 2.05) is 13.1 Å². The molecule has 0 unspecified atom stereocenters. The first-order valence-corrected chi connectivity index (χ1v) is 6.56. The molecule has 0 atom stereocenters. The molecule has 0 saturated carbocycles. The molecule has 0 fully saturated rings. The molecular weight excluding hydrogens is 327 g/mol. The van der Waals surface area contributed by atoms with Crippen molar-refractivity contribution in [2.75, 3.05) is 0 Å². The van der Waals surface area contributed by atoms with E-state index in [-0.39, 0.29) is 5.82 Å². The first kappa shape index (κ1) is 12.8. The number of hydrogen-bond donors (Lipinski definition) is 1. The van der Waals surface area contributed by atoms with Gasteiger partial charge in [-0.25, -0.2) is 4.39 Å². The van der Waals surface area contributed by atoms with E-state index in [2.05, 4.69) is 20.9 Å². The summed E-state index contributed by atoms with van der Waals surface area (Å²) >= 11 is 14.6. The third-order valence-electron chi connectivity index (χ3n) is 2.42. The van der Waals surface area contributed by atoms with Gasteiger partial charge in [-0.3, -0.25) is 4.57 Å². The van der Waals surface area contributed by atoms with Crippen molar-refractivity contribution in [1.29, 1.82) is 0 Å². The summed E-state index contributed by atoms with van der Waals surface area (Å²) in [6.45, 7) is 2.01. The molecular formula is C11H9BrClFN2S. The van der Waals surface area contributed by atoms with E-state index in [1.54, 1.807) is 4.57 Å². The number of H-pyrrole nitrogens is 1. The fraction of sp³-hybridized carbons (Fsp3) is 0.182. The van der Waals surface area contributed by atoms with Crippen molar-refractivity contribution in [1.82, 2.24) is 9.55 Å². The van der Waals surface area contributed by atoms with E-state index in [0.29, 0.717) is 20.0 Å². The number of aromatic nitrogens is 2. The Morgan fingerprint density at radius 3 is 2.82 bits per heavy atom. The molecule has 17 heavy (non-hydrogen) atoms. The Labute approximate surface area is 117 Å². The smallest absolute Gasteiger partial charge is 0.182 e. The van der Waals surface area contributed by atoms with Crippen molar-refractivity contribution < 1.29 is 4.39 Å². The van der Waals surface area contributed by atoms with Gasteiger partial charge < -0.3 is 4.98 Å². The van der Waals surface area contributed by atoms with E-state index in [9.17, 15) is 4.39 Å². The van der Waals surface area contributed by atoms with Crippen molar-refractivity contribution in [3.05, 3.63) is 44.1 Å². The summed E-state index contributed by atoms with van der Waals surface area (Å²) in [5, 5.41) is 0.322. The van der Waals surface area contributed by atoms with Crippen LogP contribution in [-0.4, -0.2) is 9.55 Å². The zero-order valence-electron chi connectivity index (χ0n) is 8.93. The first-order valence-electron chi connectivity index (χ1n) is 4.98. The maximum absolute atomic E-state index is 13.2. The van der Waals surface area contributed by atoms with Crippen LogP contribution in [-0.2, 0) is 6.42 Å². The Morgan fingerprint density at radius 1 is 1.53 bits per heavy atom. The molecule has 6 heteroatoms. The second kappa shape index (κ2) is 4.92. The molecule has 0 aliphatic carbocycles. The Kier molecular flexibility index (Phi) is 3.70. The Balaban J connectivity index is 2.77. The number of aryl methyl sites for hydroxylation is 1. The van der Waals surface area contributed by atoms with Gasteiger partial charge in [-0.05, 0) is 46.7 Å². The van der Waals surface area contributed by atoms with E-state index >= 15 is 0 Å². The monoisotopic (exact) mass is 334 g/mol. The van der Waals surface area contributed by atoms with E-state index < -0.39 is 0 Å². The van der Waals surface area contributed by atoms with E-state index in [1.165, 1.54) is 12.1 Å². The first-order chi connectivity index (χ1) is 8.04. The Bertz CT molecular complexity index is 597. The standard InChI is InChI=1S/C11H9BrClFN2S/c1-2-7-5-15-11(17)16(7)10-8(12)3-6(14)4-9(10)13/h3-5H,2H2,1H3,(H,15,17). The molecule has 1 aromatic carbocycles. The number of benzene rings is 1. The molecule has 0 radical (unpaired) electrons.